The summed E-state index contributed by atoms with van der Waals surface area (Å²) in [6, 6.07) is 11.4. The molecule has 0 radical (unpaired) electrons. The Morgan fingerprint density at radius 3 is 2.40 bits per heavy atom. The summed E-state index contributed by atoms with van der Waals surface area (Å²) >= 11 is 3.53. The lowest BCUT2D eigenvalue weighted by molar-refractivity contribution is -0.143. The average Bonchev–Trinajstić information content (AvgIpc) is 2.84. The average molecular weight is 548 g/mol. The molecule has 0 aromatic heterocycles. The fourth-order valence-corrected chi connectivity index (χ4v) is 4.98. The molecule has 1 atom stereocenters. The SMILES string of the molecule is CC[C@H](C(=O)NC1CCCCC1)N(Cc1ccc(F)cc1)C(=O)COc1ccc(C(C)C)cc1Br. The summed E-state index contributed by atoms with van der Waals surface area (Å²) in [7, 11) is 0. The number of amides is 2. The molecule has 0 unspecified atom stereocenters. The number of carbonyl (C=O) groups is 2. The molecule has 0 bridgehead atoms. The van der Waals surface area contributed by atoms with Crippen LogP contribution >= 0.6 is 15.9 Å². The molecule has 0 spiro atoms. The molecule has 1 fully saturated rings. The summed E-state index contributed by atoms with van der Waals surface area (Å²) in [6.45, 7) is 6.13. The van der Waals surface area contributed by atoms with Crippen molar-refractivity contribution in [3.63, 3.8) is 0 Å². The number of benzene rings is 2. The summed E-state index contributed by atoms with van der Waals surface area (Å²) in [5.41, 5.74) is 1.92. The first-order valence-electron chi connectivity index (χ1n) is 12.5. The molecule has 3 rings (SSSR count). The van der Waals surface area contributed by atoms with E-state index < -0.39 is 6.04 Å². The number of hydrogen-bond donors (Lipinski definition) is 1. The highest BCUT2D eigenvalue weighted by Crippen LogP contribution is 2.29. The Bertz CT molecular complexity index is 990. The standard InChI is InChI=1S/C28H36BrFN2O3/c1-4-25(28(34)31-23-8-6-5-7-9-23)32(17-20-10-13-22(30)14-11-20)27(33)18-35-26-15-12-21(19(2)3)16-24(26)29/h10-16,19,23,25H,4-9,17-18H2,1-3H3,(H,31,34)/t25-/m1/s1. The van der Waals surface area contributed by atoms with Crippen LogP contribution in [0.2, 0.25) is 0 Å². The summed E-state index contributed by atoms with van der Waals surface area (Å²) in [6.07, 6.45) is 5.83. The number of carbonyl (C=O) groups excluding carboxylic acids is 2. The Labute approximate surface area is 216 Å². The Morgan fingerprint density at radius 2 is 1.80 bits per heavy atom. The number of ether oxygens (including phenoxy) is 1. The van der Waals surface area contributed by atoms with E-state index in [-0.39, 0.29) is 36.8 Å². The molecule has 0 saturated heterocycles. The fourth-order valence-electron chi connectivity index (χ4n) is 4.47. The van der Waals surface area contributed by atoms with Crippen LogP contribution in [-0.4, -0.2) is 35.4 Å². The van der Waals surface area contributed by atoms with Gasteiger partial charge in [0, 0.05) is 12.6 Å². The van der Waals surface area contributed by atoms with Crippen molar-refractivity contribution in [3.05, 3.63) is 63.9 Å². The number of hydrogen-bond acceptors (Lipinski definition) is 3. The fraction of sp³-hybridized carbons (Fsp3) is 0.500. The van der Waals surface area contributed by atoms with Gasteiger partial charge in [0.2, 0.25) is 5.91 Å². The van der Waals surface area contributed by atoms with E-state index >= 15 is 0 Å². The van der Waals surface area contributed by atoms with Crippen molar-refractivity contribution in [1.29, 1.82) is 0 Å². The first-order chi connectivity index (χ1) is 16.8. The number of nitrogens with zero attached hydrogens (tertiary/aromatic N) is 1. The zero-order valence-electron chi connectivity index (χ0n) is 20.9. The predicted octanol–water partition coefficient (Wildman–Crippen LogP) is 6.35. The van der Waals surface area contributed by atoms with Crippen LogP contribution in [-0.2, 0) is 16.1 Å². The van der Waals surface area contributed by atoms with Gasteiger partial charge in [-0.3, -0.25) is 9.59 Å². The highest BCUT2D eigenvalue weighted by Gasteiger charge is 2.30. The van der Waals surface area contributed by atoms with Gasteiger partial charge < -0.3 is 15.0 Å². The molecule has 190 valence electrons. The van der Waals surface area contributed by atoms with E-state index in [1.807, 2.05) is 25.1 Å². The molecule has 1 aliphatic rings. The largest absolute Gasteiger partial charge is 0.483 e. The van der Waals surface area contributed by atoms with Crippen molar-refractivity contribution in [1.82, 2.24) is 10.2 Å². The normalized spacial score (nSPS) is 15.0. The zero-order valence-corrected chi connectivity index (χ0v) is 22.4. The lowest BCUT2D eigenvalue weighted by Crippen LogP contribution is -2.52. The van der Waals surface area contributed by atoms with Gasteiger partial charge in [-0.05, 0) is 76.5 Å². The van der Waals surface area contributed by atoms with Crippen LogP contribution in [0.1, 0.15) is 76.3 Å². The molecule has 0 heterocycles. The second-order valence-corrected chi connectivity index (χ2v) is 10.4. The number of halogens is 2. The number of rotatable bonds is 10. The smallest absolute Gasteiger partial charge is 0.261 e. The van der Waals surface area contributed by atoms with Crippen LogP contribution in [0.15, 0.2) is 46.9 Å². The van der Waals surface area contributed by atoms with Crippen molar-refractivity contribution in [2.45, 2.75) is 83.8 Å². The lowest BCUT2D eigenvalue weighted by atomic mass is 9.95. The summed E-state index contributed by atoms with van der Waals surface area (Å²) < 4.78 is 20.1. The monoisotopic (exact) mass is 546 g/mol. The van der Waals surface area contributed by atoms with Crippen LogP contribution in [0.3, 0.4) is 0 Å². The molecular weight excluding hydrogens is 511 g/mol. The lowest BCUT2D eigenvalue weighted by Gasteiger charge is -2.32. The van der Waals surface area contributed by atoms with E-state index in [1.54, 1.807) is 17.0 Å². The Balaban J connectivity index is 1.76. The molecule has 5 nitrogen and oxygen atoms in total. The minimum absolute atomic E-state index is 0.141. The minimum Gasteiger partial charge on any atom is -0.483 e. The molecule has 0 aliphatic heterocycles. The van der Waals surface area contributed by atoms with Gasteiger partial charge in [-0.1, -0.05) is 58.2 Å². The van der Waals surface area contributed by atoms with Crippen LogP contribution in [0.5, 0.6) is 5.75 Å². The Morgan fingerprint density at radius 1 is 1.11 bits per heavy atom. The van der Waals surface area contributed by atoms with Gasteiger partial charge in [-0.25, -0.2) is 4.39 Å². The molecule has 2 amide bonds. The third-order valence-electron chi connectivity index (χ3n) is 6.58. The van der Waals surface area contributed by atoms with Crippen molar-refractivity contribution in [2.24, 2.45) is 0 Å². The summed E-state index contributed by atoms with van der Waals surface area (Å²) in [4.78, 5) is 28.2. The van der Waals surface area contributed by atoms with E-state index in [2.05, 4.69) is 35.1 Å². The third kappa shape index (κ3) is 7.79. The highest BCUT2D eigenvalue weighted by atomic mass is 79.9. The van der Waals surface area contributed by atoms with E-state index in [0.29, 0.717) is 18.1 Å². The second-order valence-electron chi connectivity index (χ2n) is 9.55. The second kappa shape index (κ2) is 13.1. The van der Waals surface area contributed by atoms with Gasteiger partial charge in [-0.2, -0.15) is 0 Å². The Kier molecular flexibility index (Phi) is 10.1. The third-order valence-corrected chi connectivity index (χ3v) is 7.20. The molecule has 7 heteroatoms. The van der Waals surface area contributed by atoms with Crippen LogP contribution in [0, 0.1) is 5.82 Å². The maximum absolute atomic E-state index is 13.5. The molecule has 2 aromatic rings. The molecule has 1 saturated carbocycles. The van der Waals surface area contributed by atoms with Crippen LogP contribution in [0.4, 0.5) is 4.39 Å². The summed E-state index contributed by atoms with van der Waals surface area (Å²) in [5.74, 6) is 0.175. The van der Waals surface area contributed by atoms with Crippen LogP contribution < -0.4 is 10.1 Å². The molecule has 1 aliphatic carbocycles. The number of nitrogens with one attached hydrogen (secondary N) is 1. The van der Waals surface area contributed by atoms with Crippen molar-refractivity contribution in [3.8, 4) is 5.75 Å². The molecule has 2 aromatic carbocycles. The van der Waals surface area contributed by atoms with Gasteiger partial charge in [-0.15, -0.1) is 0 Å². The van der Waals surface area contributed by atoms with Crippen molar-refractivity contribution in [2.75, 3.05) is 6.61 Å². The van der Waals surface area contributed by atoms with Gasteiger partial charge in [0.15, 0.2) is 6.61 Å². The molecular formula is C28H36BrFN2O3. The maximum Gasteiger partial charge on any atom is 0.261 e. The van der Waals surface area contributed by atoms with Crippen LogP contribution in [0.25, 0.3) is 0 Å². The van der Waals surface area contributed by atoms with E-state index in [9.17, 15) is 14.0 Å². The van der Waals surface area contributed by atoms with Gasteiger partial charge in [0.05, 0.1) is 4.47 Å². The minimum atomic E-state index is -0.634. The van der Waals surface area contributed by atoms with E-state index in [4.69, 9.17) is 4.74 Å². The van der Waals surface area contributed by atoms with Gasteiger partial charge in [0.25, 0.3) is 5.91 Å². The molecule has 35 heavy (non-hydrogen) atoms. The van der Waals surface area contributed by atoms with E-state index in [1.165, 1.54) is 24.1 Å². The first kappa shape index (κ1) is 27.2. The van der Waals surface area contributed by atoms with Crippen molar-refractivity contribution >= 4 is 27.7 Å². The van der Waals surface area contributed by atoms with Gasteiger partial charge in [0.1, 0.15) is 17.6 Å². The topological polar surface area (TPSA) is 58.6 Å². The highest BCUT2D eigenvalue weighted by molar-refractivity contribution is 9.10. The molecule has 1 N–H and O–H groups in total. The zero-order chi connectivity index (χ0) is 25.4. The quantitative estimate of drug-likeness (QED) is 0.377. The van der Waals surface area contributed by atoms with Gasteiger partial charge >= 0.3 is 0 Å². The summed E-state index contributed by atoms with van der Waals surface area (Å²) in [5, 5.41) is 3.16. The maximum atomic E-state index is 13.5. The van der Waals surface area contributed by atoms with E-state index in [0.717, 1.165) is 35.7 Å². The predicted molar refractivity (Wildman–Crippen MR) is 140 cm³/mol. The van der Waals surface area contributed by atoms with Crippen molar-refractivity contribution < 1.29 is 18.7 Å². The first-order valence-corrected chi connectivity index (χ1v) is 13.3. The Hall–Kier alpha value is -2.41.